The summed E-state index contributed by atoms with van der Waals surface area (Å²) in [6.07, 6.45) is 6.09. The topological polar surface area (TPSA) is 71.0 Å². The van der Waals surface area contributed by atoms with E-state index in [2.05, 4.69) is 32.1 Å². The fourth-order valence-corrected chi connectivity index (χ4v) is 3.96. The van der Waals surface area contributed by atoms with Crippen molar-refractivity contribution in [3.63, 3.8) is 0 Å². The van der Waals surface area contributed by atoms with Crippen LogP contribution in [0.4, 0.5) is 9.52 Å². The van der Waals surface area contributed by atoms with E-state index in [4.69, 9.17) is 0 Å². The number of carbonyl (C=O) groups is 1. The molecule has 0 spiro atoms. The van der Waals surface area contributed by atoms with Gasteiger partial charge in [-0.25, -0.2) is 19.3 Å². The quantitative estimate of drug-likeness (QED) is 0.898. The zero-order valence-electron chi connectivity index (χ0n) is 13.7. The predicted molar refractivity (Wildman–Crippen MR) is 90.1 cm³/mol. The van der Waals surface area contributed by atoms with E-state index < -0.39 is 5.82 Å². The van der Waals surface area contributed by atoms with Gasteiger partial charge in [-0.05, 0) is 19.3 Å². The number of halogens is 1. The third-order valence-corrected chi connectivity index (χ3v) is 5.03. The molecule has 1 N–H and O–H groups in total. The van der Waals surface area contributed by atoms with Crippen LogP contribution in [-0.4, -0.2) is 38.3 Å². The lowest BCUT2D eigenvalue weighted by Gasteiger charge is -2.19. The number of anilines is 1. The predicted octanol–water partition coefficient (Wildman–Crippen LogP) is 2.48. The van der Waals surface area contributed by atoms with E-state index in [0.29, 0.717) is 22.9 Å². The SMILES string of the molecule is CC(=O)Nc1ncc(CN2CC(Cc3ncc(F)cn3)CC2C)s1. The van der Waals surface area contributed by atoms with E-state index in [1.165, 1.54) is 30.7 Å². The highest BCUT2D eigenvalue weighted by atomic mass is 32.1. The van der Waals surface area contributed by atoms with Crippen LogP contribution in [0.1, 0.15) is 31.0 Å². The average molecular weight is 349 g/mol. The number of thiazole rings is 1. The highest BCUT2D eigenvalue weighted by molar-refractivity contribution is 7.15. The summed E-state index contributed by atoms with van der Waals surface area (Å²) in [5.74, 6) is 0.652. The molecule has 2 aromatic rings. The molecule has 0 bridgehead atoms. The van der Waals surface area contributed by atoms with Gasteiger partial charge in [-0.2, -0.15) is 0 Å². The van der Waals surface area contributed by atoms with Crippen molar-refractivity contribution < 1.29 is 9.18 Å². The van der Waals surface area contributed by atoms with Crippen LogP contribution in [-0.2, 0) is 17.8 Å². The van der Waals surface area contributed by atoms with Gasteiger partial charge in [-0.3, -0.25) is 9.69 Å². The first-order valence-corrected chi connectivity index (χ1v) is 8.74. The van der Waals surface area contributed by atoms with E-state index in [-0.39, 0.29) is 5.91 Å². The van der Waals surface area contributed by atoms with Crippen molar-refractivity contribution >= 4 is 22.4 Å². The summed E-state index contributed by atoms with van der Waals surface area (Å²) in [6, 6.07) is 0.460. The lowest BCUT2D eigenvalue weighted by Crippen LogP contribution is -2.26. The number of likely N-dealkylation sites (tertiary alicyclic amines) is 1. The molecule has 1 aliphatic heterocycles. The van der Waals surface area contributed by atoms with E-state index in [9.17, 15) is 9.18 Å². The highest BCUT2D eigenvalue weighted by Crippen LogP contribution is 2.29. The first-order chi connectivity index (χ1) is 11.5. The van der Waals surface area contributed by atoms with Gasteiger partial charge in [0.15, 0.2) is 10.9 Å². The second-order valence-corrected chi connectivity index (χ2v) is 7.33. The maximum atomic E-state index is 12.9. The van der Waals surface area contributed by atoms with Crippen LogP contribution in [0.15, 0.2) is 18.6 Å². The number of aromatic nitrogens is 3. The average Bonchev–Trinajstić information content (AvgIpc) is 3.08. The summed E-state index contributed by atoms with van der Waals surface area (Å²) in [4.78, 5) is 26.9. The molecule has 1 fully saturated rings. The molecular formula is C16H20FN5OS. The number of rotatable bonds is 5. The van der Waals surface area contributed by atoms with E-state index in [0.717, 1.165) is 30.8 Å². The smallest absolute Gasteiger partial charge is 0.223 e. The van der Waals surface area contributed by atoms with Crippen LogP contribution in [0.5, 0.6) is 0 Å². The van der Waals surface area contributed by atoms with Crippen molar-refractivity contribution in [3.8, 4) is 0 Å². The molecule has 0 radical (unpaired) electrons. The van der Waals surface area contributed by atoms with Crippen molar-refractivity contribution in [2.45, 2.75) is 39.3 Å². The molecule has 2 aromatic heterocycles. The Bertz CT molecular complexity index is 705. The molecule has 8 heteroatoms. The molecule has 0 aromatic carbocycles. The maximum absolute atomic E-state index is 12.9. The number of nitrogens with one attached hydrogen (secondary N) is 1. The summed E-state index contributed by atoms with van der Waals surface area (Å²) in [5.41, 5.74) is 0. The van der Waals surface area contributed by atoms with E-state index in [1.54, 1.807) is 0 Å². The molecule has 1 saturated heterocycles. The molecule has 3 heterocycles. The molecule has 0 aliphatic carbocycles. The number of amides is 1. The summed E-state index contributed by atoms with van der Waals surface area (Å²) in [5, 5.41) is 3.35. The Hall–Kier alpha value is -1.93. The van der Waals surface area contributed by atoms with Crippen molar-refractivity contribution in [2.24, 2.45) is 5.92 Å². The van der Waals surface area contributed by atoms with Crippen LogP contribution >= 0.6 is 11.3 Å². The van der Waals surface area contributed by atoms with Crippen LogP contribution < -0.4 is 5.32 Å². The van der Waals surface area contributed by atoms with Gasteiger partial charge >= 0.3 is 0 Å². The molecule has 2 unspecified atom stereocenters. The molecule has 2 atom stereocenters. The van der Waals surface area contributed by atoms with Crippen molar-refractivity contribution in [1.29, 1.82) is 0 Å². The summed E-state index contributed by atoms with van der Waals surface area (Å²) >= 11 is 1.51. The van der Waals surface area contributed by atoms with Crippen LogP contribution in [0.25, 0.3) is 0 Å². The minimum atomic E-state index is -0.402. The van der Waals surface area contributed by atoms with Crippen molar-refractivity contribution in [1.82, 2.24) is 19.9 Å². The molecular weight excluding hydrogens is 329 g/mol. The second-order valence-electron chi connectivity index (χ2n) is 6.21. The number of hydrogen-bond donors (Lipinski definition) is 1. The highest BCUT2D eigenvalue weighted by Gasteiger charge is 2.30. The molecule has 24 heavy (non-hydrogen) atoms. The van der Waals surface area contributed by atoms with Crippen LogP contribution in [0.3, 0.4) is 0 Å². The Morgan fingerprint density at radius 1 is 1.38 bits per heavy atom. The molecule has 6 nitrogen and oxygen atoms in total. The van der Waals surface area contributed by atoms with Gasteiger partial charge in [0.2, 0.25) is 5.91 Å². The lowest BCUT2D eigenvalue weighted by atomic mass is 10.0. The number of carbonyl (C=O) groups excluding carboxylic acids is 1. The van der Waals surface area contributed by atoms with Gasteiger partial charge in [-0.1, -0.05) is 0 Å². The lowest BCUT2D eigenvalue weighted by molar-refractivity contribution is -0.114. The Kier molecular flexibility index (Phi) is 5.15. The largest absolute Gasteiger partial charge is 0.302 e. The zero-order chi connectivity index (χ0) is 17.1. The molecule has 0 saturated carbocycles. The summed E-state index contributed by atoms with van der Waals surface area (Å²) in [7, 11) is 0. The van der Waals surface area contributed by atoms with Gasteiger partial charge in [0.25, 0.3) is 0 Å². The fraction of sp³-hybridized carbons (Fsp3) is 0.500. The Labute approximate surface area is 144 Å². The molecule has 1 amide bonds. The first kappa shape index (κ1) is 16.9. The third-order valence-electron chi connectivity index (χ3n) is 4.13. The molecule has 3 rings (SSSR count). The van der Waals surface area contributed by atoms with Gasteiger partial charge in [-0.15, -0.1) is 11.3 Å². The molecule has 1 aliphatic rings. The van der Waals surface area contributed by atoms with E-state index in [1.807, 2.05) is 6.20 Å². The molecule has 128 valence electrons. The van der Waals surface area contributed by atoms with Crippen LogP contribution in [0, 0.1) is 11.7 Å². The Morgan fingerprint density at radius 3 is 2.83 bits per heavy atom. The van der Waals surface area contributed by atoms with Crippen LogP contribution in [0.2, 0.25) is 0 Å². The third kappa shape index (κ3) is 4.33. The summed E-state index contributed by atoms with van der Waals surface area (Å²) < 4.78 is 12.9. The standard InChI is InChI=1S/C16H20FN5OS/c1-10-3-12(4-15-18-5-13(17)6-19-15)8-22(10)9-14-7-20-16(24-14)21-11(2)23/h5-7,10,12H,3-4,8-9H2,1-2H3,(H,20,21,23). The normalized spacial score (nSPS) is 21.1. The van der Waals surface area contributed by atoms with Gasteiger partial charge in [0.05, 0.1) is 12.4 Å². The second kappa shape index (κ2) is 7.31. The maximum Gasteiger partial charge on any atom is 0.223 e. The Balaban J connectivity index is 1.56. The van der Waals surface area contributed by atoms with Gasteiger partial charge in [0, 0.05) is 43.5 Å². The van der Waals surface area contributed by atoms with Crippen molar-refractivity contribution in [2.75, 3.05) is 11.9 Å². The van der Waals surface area contributed by atoms with E-state index >= 15 is 0 Å². The number of hydrogen-bond acceptors (Lipinski definition) is 6. The zero-order valence-corrected chi connectivity index (χ0v) is 14.5. The first-order valence-electron chi connectivity index (χ1n) is 7.92. The summed E-state index contributed by atoms with van der Waals surface area (Å²) in [6.45, 7) is 5.46. The number of nitrogens with zero attached hydrogens (tertiary/aromatic N) is 4. The minimum Gasteiger partial charge on any atom is -0.302 e. The minimum absolute atomic E-state index is 0.107. The monoisotopic (exact) mass is 349 g/mol. The van der Waals surface area contributed by atoms with Crippen molar-refractivity contribution in [3.05, 3.63) is 35.1 Å². The van der Waals surface area contributed by atoms with Gasteiger partial charge < -0.3 is 5.32 Å². The Morgan fingerprint density at radius 2 is 2.12 bits per heavy atom. The van der Waals surface area contributed by atoms with Gasteiger partial charge in [0.1, 0.15) is 5.82 Å². The fourth-order valence-electron chi connectivity index (χ4n) is 3.08.